The molecule has 1 atom stereocenters. The Morgan fingerprint density at radius 3 is 2.82 bits per heavy atom. The molecule has 0 fully saturated rings. The number of aromatic nitrogens is 1. The Morgan fingerprint density at radius 2 is 2.06 bits per heavy atom. The molecular weight excluding hydrogens is 210 g/mol. The highest BCUT2D eigenvalue weighted by Crippen LogP contribution is 2.29. The molecule has 0 aliphatic heterocycles. The molecule has 0 saturated heterocycles. The standard InChI is InChI=1S/C15H19NO/c1-10(9-17)5-13-8-16-15-7-12-4-2-3-11(12)6-14(13)15/h6-8,10,16-17H,2-5,9H2,1H3. The monoisotopic (exact) mass is 229 g/mol. The average Bonchev–Trinajstić information content (AvgIpc) is 2.93. The third-order valence-electron chi connectivity index (χ3n) is 3.86. The Balaban J connectivity index is 2.03. The Kier molecular flexibility index (Phi) is 2.67. The number of aromatic amines is 1. The number of aryl methyl sites for hydroxylation is 2. The molecule has 1 aliphatic carbocycles. The van der Waals surface area contributed by atoms with Crippen LogP contribution in [0.4, 0.5) is 0 Å². The lowest BCUT2D eigenvalue weighted by atomic mass is 9.99. The average molecular weight is 229 g/mol. The lowest BCUT2D eigenvalue weighted by Crippen LogP contribution is -2.03. The summed E-state index contributed by atoms with van der Waals surface area (Å²) in [5.41, 5.74) is 5.64. The van der Waals surface area contributed by atoms with Gasteiger partial charge in [0.1, 0.15) is 0 Å². The summed E-state index contributed by atoms with van der Waals surface area (Å²) in [6, 6.07) is 4.67. The van der Waals surface area contributed by atoms with Gasteiger partial charge in [-0.25, -0.2) is 0 Å². The van der Waals surface area contributed by atoms with Gasteiger partial charge in [0.25, 0.3) is 0 Å². The number of H-pyrrole nitrogens is 1. The summed E-state index contributed by atoms with van der Waals surface area (Å²) in [6.07, 6.45) is 6.81. The number of hydrogen-bond acceptors (Lipinski definition) is 1. The van der Waals surface area contributed by atoms with E-state index in [1.54, 1.807) is 0 Å². The van der Waals surface area contributed by atoms with Crippen LogP contribution in [0.2, 0.25) is 0 Å². The van der Waals surface area contributed by atoms with Gasteiger partial charge in [-0.2, -0.15) is 0 Å². The van der Waals surface area contributed by atoms with Crippen molar-refractivity contribution in [2.24, 2.45) is 5.92 Å². The molecule has 0 spiro atoms. The highest BCUT2D eigenvalue weighted by Gasteiger charge is 2.14. The largest absolute Gasteiger partial charge is 0.396 e. The second-order valence-electron chi connectivity index (χ2n) is 5.33. The summed E-state index contributed by atoms with van der Waals surface area (Å²) in [4.78, 5) is 3.37. The van der Waals surface area contributed by atoms with Gasteiger partial charge in [0.05, 0.1) is 0 Å². The molecule has 3 rings (SSSR count). The lowest BCUT2D eigenvalue weighted by Gasteiger charge is -2.07. The van der Waals surface area contributed by atoms with E-state index < -0.39 is 0 Å². The highest BCUT2D eigenvalue weighted by atomic mass is 16.3. The molecule has 1 heterocycles. The second-order valence-corrected chi connectivity index (χ2v) is 5.33. The summed E-state index contributed by atoms with van der Waals surface area (Å²) >= 11 is 0. The minimum atomic E-state index is 0.262. The van der Waals surface area contributed by atoms with Gasteiger partial charge in [-0.1, -0.05) is 6.92 Å². The predicted octanol–water partition coefficient (Wildman–Crippen LogP) is 2.83. The highest BCUT2D eigenvalue weighted by molar-refractivity contribution is 5.85. The first-order chi connectivity index (χ1) is 8.28. The van der Waals surface area contributed by atoms with Crippen LogP contribution in [0.3, 0.4) is 0 Å². The van der Waals surface area contributed by atoms with Gasteiger partial charge in [0, 0.05) is 23.7 Å². The molecule has 0 bridgehead atoms. The SMILES string of the molecule is CC(CO)Cc1c[nH]c2cc3c(cc12)CCC3. The second kappa shape index (κ2) is 4.19. The first kappa shape index (κ1) is 10.8. The van der Waals surface area contributed by atoms with Crippen LogP contribution in [0.15, 0.2) is 18.3 Å². The Hall–Kier alpha value is -1.28. The molecule has 1 aromatic heterocycles. The maximum absolute atomic E-state index is 9.15. The van der Waals surface area contributed by atoms with E-state index in [1.807, 2.05) is 0 Å². The van der Waals surface area contributed by atoms with Crippen LogP contribution in [-0.4, -0.2) is 16.7 Å². The van der Waals surface area contributed by atoms with E-state index in [-0.39, 0.29) is 6.61 Å². The fourth-order valence-electron chi connectivity index (χ4n) is 2.86. The van der Waals surface area contributed by atoms with Gasteiger partial charge in [-0.05, 0) is 60.4 Å². The van der Waals surface area contributed by atoms with E-state index in [9.17, 15) is 0 Å². The Bertz CT molecular complexity index is 541. The minimum absolute atomic E-state index is 0.262. The van der Waals surface area contributed by atoms with Crippen LogP contribution >= 0.6 is 0 Å². The zero-order valence-corrected chi connectivity index (χ0v) is 10.3. The first-order valence-corrected chi connectivity index (χ1v) is 6.50. The van der Waals surface area contributed by atoms with Crippen molar-refractivity contribution in [3.63, 3.8) is 0 Å². The molecule has 2 heteroatoms. The topological polar surface area (TPSA) is 36.0 Å². The van der Waals surface area contributed by atoms with Gasteiger partial charge in [-0.15, -0.1) is 0 Å². The van der Waals surface area contributed by atoms with E-state index in [2.05, 4.69) is 30.2 Å². The molecule has 1 aromatic carbocycles. The van der Waals surface area contributed by atoms with Gasteiger partial charge in [0.15, 0.2) is 0 Å². The minimum Gasteiger partial charge on any atom is -0.396 e. The van der Waals surface area contributed by atoms with Crippen molar-refractivity contribution in [3.05, 3.63) is 35.0 Å². The molecule has 1 aliphatic rings. The van der Waals surface area contributed by atoms with Crippen molar-refractivity contribution in [1.29, 1.82) is 0 Å². The van der Waals surface area contributed by atoms with Crippen molar-refractivity contribution in [1.82, 2.24) is 4.98 Å². The molecule has 1 unspecified atom stereocenters. The van der Waals surface area contributed by atoms with Crippen LogP contribution in [0.25, 0.3) is 10.9 Å². The number of fused-ring (bicyclic) bond motifs is 2. The lowest BCUT2D eigenvalue weighted by molar-refractivity contribution is 0.237. The molecule has 0 radical (unpaired) electrons. The molecular formula is C15H19NO. The fraction of sp³-hybridized carbons (Fsp3) is 0.467. The van der Waals surface area contributed by atoms with Crippen LogP contribution in [-0.2, 0) is 19.3 Å². The zero-order chi connectivity index (χ0) is 11.8. The maximum atomic E-state index is 9.15. The van der Waals surface area contributed by atoms with E-state index in [0.29, 0.717) is 5.92 Å². The van der Waals surface area contributed by atoms with Crippen molar-refractivity contribution in [2.75, 3.05) is 6.61 Å². The normalized spacial score (nSPS) is 16.4. The Labute approximate surface area is 102 Å². The van der Waals surface area contributed by atoms with Gasteiger partial charge >= 0.3 is 0 Å². The molecule has 2 N–H and O–H groups in total. The first-order valence-electron chi connectivity index (χ1n) is 6.50. The van der Waals surface area contributed by atoms with E-state index in [0.717, 1.165) is 6.42 Å². The number of nitrogens with one attached hydrogen (secondary N) is 1. The number of benzene rings is 1. The summed E-state index contributed by atoms with van der Waals surface area (Å²) in [6.45, 7) is 2.35. The maximum Gasteiger partial charge on any atom is 0.0459 e. The molecule has 0 amide bonds. The van der Waals surface area contributed by atoms with Crippen LogP contribution in [0, 0.1) is 5.92 Å². The third-order valence-corrected chi connectivity index (χ3v) is 3.86. The zero-order valence-electron chi connectivity index (χ0n) is 10.3. The van der Waals surface area contributed by atoms with Crippen molar-refractivity contribution >= 4 is 10.9 Å². The predicted molar refractivity (Wildman–Crippen MR) is 70.3 cm³/mol. The van der Waals surface area contributed by atoms with Crippen LogP contribution < -0.4 is 0 Å². The quantitative estimate of drug-likeness (QED) is 0.834. The summed E-state index contributed by atoms with van der Waals surface area (Å²) in [5, 5.41) is 10.5. The van der Waals surface area contributed by atoms with Crippen LogP contribution in [0.1, 0.15) is 30.0 Å². The van der Waals surface area contributed by atoms with Crippen LogP contribution in [0.5, 0.6) is 0 Å². The molecule has 0 saturated carbocycles. The molecule has 2 aromatic rings. The van der Waals surface area contributed by atoms with Crippen molar-refractivity contribution < 1.29 is 5.11 Å². The number of aliphatic hydroxyl groups excluding tert-OH is 1. The number of rotatable bonds is 3. The van der Waals surface area contributed by atoms with Crippen molar-refractivity contribution in [3.8, 4) is 0 Å². The molecule has 90 valence electrons. The van der Waals surface area contributed by atoms with Crippen molar-refractivity contribution in [2.45, 2.75) is 32.6 Å². The summed E-state index contributed by atoms with van der Waals surface area (Å²) in [5.74, 6) is 0.335. The molecule has 2 nitrogen and oxygen atoms in total. The number of aliphatic hydroxyl groups is 1. The van der Waals surface area contributed by atoms with E-state index in [4.69, 9.17) is 5.11 Å². The Morgan fingerprint density at radius 1 is 1.29 bits per heavy atom. The smallest absolute Gasteiger partial charge is 0.0459 e. The van der Waals surface area contributed by atoms with E-state index in [1.165, 1.54) is 46.9 Å². The fourth-order valence-corrected chi connectivity index (χ4v) is 2.86. The van der Waals surface area contributed by atoms with E-state index >= 15 is 0 Å². The van der Waals surface area contributed by atoms with Gasteiger partial charge < -0.3 is 10.1 Å². The summed E-state index contributed by atoms with van der Waals surface area (Å²) in [7, 11) is 0. The van der Waals surface area contributed by atoms with Gasteiger partial charge in [0.2, 0.25) is 0 Å². The number of hydrogen-bond donors (Lipinski definition) is 2. The molecule has 17 heavy (non-hydrogen) atoms. The van der Waals surface area contributed by atoms with Gasteiger partial charge in [-0.3, -0.25) is 0 Å². The summed E-state index contributed by atoms with van der Waals surface area (Å²) < 4.78 is 0. The third kappa shape index (κ3) is 1.87.